The maximum absolute atomic E-state index is 12.0. The van der Waals surface area contributed by atoms with E-state index in [1.165, 1.54) is 7.11 Å². The minimum Gasteiger partial charge on any atom is -0.468 e. The van der Waals surface area contributed by atoms with Crippen LogP contribution in [0.4, 0.5) is 10.5 Å². The Hall–Kier alpha value is -2.35. The van der Waals surface area contributed by atoms with Crippen LogP contribution in [-0.2, 0) is 14.3 Å². The molecular formula is C16H23N3O4S. The molecule has 1 aromatic rings. The second kappa shape index (κ2) is 8.49. The van der Waals surface area contributed by atoms with Crippen LogP contribution < -0.4 is 16.4 Å². The minimum atomic E-state index is -0.651. The lowest BCUT2D eigenvalue weighted by atomic mass is 9.99. The van der Waals surface area contributed by atoms with E-state index in [0.717, 1.165) is 0 Å². The van der Waals surface area contributed by atoms with Crippen LogP contribution in [0.25, 0.3) is 0 Å². The van der Waals surface area contributed by atoms with Gasteiger partial charge in [-0.2, -0.15) is 0 Å². The molecule has 0 saturated carbocycles. The highest BCUT2D eigenvalue weighted by Crippen LogP contribution is 2.20. The molecule has 0 aliphatic heterocycles. The molecule has 4 N–H and O–H groups in total. The highest BCUT2D eigenvalue weighted by Gasteiger charge is 2.24. The van der Waals surface area contributed by atoms with Gasteiger partial charge in [0.2, 0.25) is 0 Å². The molecule has 0 spiro atoms. The number of thiocarbonyl (C=S) groups is 1. The van der Waals surface area contributed by atoms with Gasteiger partial charge in [-0.3, -0.25) is 4.79 Å². The highest BCUT2D eigenvalue weighted by molar-refractivity contribution is 7.80. The molecule has 1 amide bonds. The van der Waals surface area contributed by atoms with Crippen molar-refractivity contribution in [1.29, 1.82) is 0 Å². The van der Waals surface area contributed by atoms with Crippen molar-refractivity contribution in [3.63, 3.8) is 0 Å². The summed E-state index contributed by atoms with van der Waals surface area (Å²) in [6, 6.07) is 6.94. The van der Waals surface area contributed by atoms with E-state index in [-0.39, 0.29) is 11.7 Å². The summed E-state index contributed by atoms with van der Waals surface area (Å²) in [4.78, 5) is 23.8. The molecule has 0 aliphatic carbocycles. The third-order valence-electron chi connectivity index (χ3n) is 2.92. The average molecular weight is 353 g/mol. The van der Waals surface area contributed by atoms with Gasteiger partial charge in [0.05, 0.1) is 13.0 Å². The van der Waals surface area contributed by atoms with Crippen molar-refractivity contribution in [2.24, 2.45) is 5.73 Å². The zero-order valence-corrected chi connectivity index (χ0v) is 15.0. The fourth-order valence-electron chi connectivity index (χ4n) is 1.92. The number of ether oxygens (including phenoxy) is 2. The predicted octanol–water partition coefficient (Wildman–Crippen LogP) is 2.12. The second-order valence-electron chi connectivity index (χ2n) is 6.07. The van der Waals surface area contributed by atoms with Crippen LogP contribution >= 0.6 is 12.2 Å². The van der Waals surface area contributed by atoms with Crippen molar-refractivity contribution < 1.29 is 19.1 Å². The van der Waals surface area contributed by atoms with Gasteiger partial charge in [0.1, 0.15) is 5.60 Å². The number of alkyl carbamates (subject to hydrolysis) is 1. The van der Waals surface area contributed by atoms with E-state index in [1.807, 2.05) is 0 Å². The van der Waals surface area contributed by atoms with Crippen molar-refractivity contribution in [1.82, 2.24) is 5.32 Å². The van der Waals surface area contributed by atoms with E-state index in [9.17, 15) is 9.59 Å². The standard InChI is InChI=1S/C16H23N3O4S/c1-16(2,3)23-15(21)18-9-12(13(20)22-4)10-5-7-11(8-6-10)19-14(17)24/h5-8,12H,9H2,1-4H3,(H,18,21)(H3,17,19,24). The Morgan fingerprint density at radius 2 is 1.83 bits per heavy atom. The van der Waals surface area contributed by atoms with Gasteiger partial charge in [-0.15, -0.1) is 0 Å². The van der Waals surface area contributed by atoms with Crippen molar-refractivity contribution in [3.05, 3.63) is 29.8 Å². The van der Waals surface area contributed by atoms with E-state index in [1.54, 1.807) is 45.0 Å². The Kier molecular flexibility index (Phi) is 6.97. The van der Waals surface area contributed by atoms with Crippen molar-refractivity contribution >= 4 is 35.1 Å². The molecule has 0 aromatic heterocycles. The lowest BCUT2D eigenvalue weighted by molar-refractivity contribution is -0.142. The normalized spacial score (nSPS) is 12.0. The summed E-state index contributed by atoms with van der Waals surface area (Å²) in [5.41, 5.74) is 6.19. The van der Waals surface area contributed by atoms with E-state index in [0.29, 0.717) is 11.3 Å². The van der Waals surface area contributed by atoms with Gasteiger partial charge >= 0.3 is 12.1 Å². The van der Waals surface area contributed by atoms with Crippen molar-refractivity contribution in [2.75, 3.05) is 19.0 Å². The quantitative estimate of drug-likeness (QED) is 0.550. The number of carbonyl (C=O) groups excluding carboxylic acids is 2. The zero-order valence-electron chi connectivity index (χ0n) is 14.2. The second-order valence-corrected chi connectivity index (χ2v) is 6.51. The summed E-state index contributed by atoms with van der Waals surface area (Å²) in [5, 5.41) is 5.53. The van der Waals surface area contributed by atoms with Crippen LogP contribution in [0.2, 0.25) is 0 Å². The molecule has 1 rings (SSSR count). The number of carbonyl (C=O) groups is 2. The monoisotopic (exact) mass is 353 g/mol. The van der Waals surface area contributed by atoms with E-state index >= 15 is 0 Å². The van der Waals surface area contributed by atoms with E-state index in [2.05, 4.69) is 10.6 Å². The van der Waals surface area contributed by atoms with Crippen LogP contribution in [0.5, 0.6) is 0 Å². The maximum atomic E-state index is 12.0. The smallest absolute Gasteiger partial charge is 0.407 e. The first-order valence-corrected chi connectivity index (χ1v) is 7.74. The summed E-state index contributed by atoms with van der Waals surface area (Å²) in [7, 11) is 1.30. The summed E-state index contributed by atoms with van der Waals surface area (Å²) in [5.74, 6) is -1.11. The maximum Gasteiger partial charge on any atom is 0.407 e. The molecule has 0 bridgehead atoms. The minimum absolute atomic E-state index is 0.0592. The Bertz CT molecular complexity index is 596. The lowest BCUT2D eigenvalue weighted by Crippen LogP contribution is -2.36. The average Bonchev–Trinajstić information content (AvgIpc) is 2.46. The Labute approximate surface area is 146 Å². The first kappa shape index (κ1) is 19.7. The number of nitrogens with one attached hydrogen (secondary N) is 2. The molecule has 8 heteroatoms. The van der Waals surface area contributed by atoms with E-state index in [4.69, 9.17) is 27.4 Å². The Morgan fingerprint density at radius 3 is 2.29 bits per heavy atom. The summed E-state index contributed by atoms with van der Waals surface area (Å²) in [6.45, 7) is 5.34. The number of methoxy groups -OCH3 is 1. The third-order valence-corrected chi connectivity index (χ3v) is 3.02. The topological polar surface area (TPSA) is 103 Å². The van der Waals surface area contributed by atoms with Gasteiger partial charge in [-0.1, -0.05) is 12.1 Å². The van der Waals surface area contributed by atoms with Gasteiger partial charge in [-0.05, 0) is 50.7 Å². The number of benzene rings is 1. The molecule has 132 valence electrons. The fraction of sp³-hybridized carbons (Fsp3) is 0.438. The Balaban J connectivity index is 2.80. The molecule has 0 heterocycles. The van der Waals surface area contributed by atoms with Crippen LogP contribution in [0, 0.1) is 0 Å². The molecule has 0 radical (unpaired) electrons. The molecule has 7 nitrogen and oxygen atoms in total. The molecule has 24 heavy (non-hydrogen) atoms. The van der Waals surface area contributed by atoms with Crippen LogP contribution in [-0.4, -0.2) is 36.4 Å². The number of amides is 1. The largest absolute Gasteiger partial charge is 0.468 e. The number of esters is 1. The summed E-state index contributed by atoms with van der Waals surface area (Å²) < 4.78 is 9.97. The van der Waals surface area contributed by atoms with E-state index < -0.39 is 23.6 Å². The zero-order chi connectivity index (χ0) is 18.3. The van der Waals surface area contributed by atoms with Crippen LogP contribution in [0.1, 0.15) is 32.3 Å². The van der Waals surface area contributed by atoms with Crippen molar-refractivity contribution in [2.45, 2.75) is 32.3 Å². The first-order valence-electron chi connectivity index (χ1n) is 7.33. The van der Waals surface area contributed by atoms with Gasteiger partial charge in [0.25, 0.3) is 0 Å². The SMILES string of the molecule is COC(=O)C(CNC(=O)OC(C)(C)C)c1ccc(NC(N)=S)cc1. The van der Waals surface area contributed by atoms with Crippen LogP contribution in [0.3, 0.4) is 0 Å². The molecule has 1 unspecified atom stereocenters. The molecular weight excluding hydrogens is 330 g/mol. The first-order chi connectivity index (χ1) is 11.1. The molecule has 1 aromatic carbocycles. The molecule has 0 fully saturated rings. The van der Waals surface area contributed by atoms with Gasteiger partial charge in [0, 0.05) is 12.2 Å². The fourth-order valence-corrected chi connectivity index (χ4v) is 2.04. The van der Waals surface area contributed by atoms with Crippen molar-refractivity contribution in [3.8, 4) is 0 Å². The number of rotatable bonds is 5. The number of anilines is 1. The number of hydrogen-bond donors (Lipinski definition) is 3. The highest BCUT2D eigenvalue weighted by atomic mass is 32.1. The molecule has 1 atom stereocenters. The van der Waals surface area contributed by atoms with Crippen LogP contribution in [0.15, 0.2) is 24.3 Å². The Morgan fingerprint density at radius 1 is 1.25 bits per heavy atom. The predicted molar refractivity (Wildman–Crippen MR) is 95.8 cm³/mol. The summed E-state index contributed by atoms with van der Waals surface area (Å²) in [6.07, 6.45) is -0.594. The molecule has 0 aliphatic rings. The molecule has 0 saturated heterocycles. The lowest BCUT2D eigenvalue weighted by Gasteiger charge is -2.21. The van der Waals surface area contributed by atoms with Gasteiger partial charge in [-0.25, -0.2) is 4.79 Å². The summed E-state index contributed by atoms with van der Waals surface area (Å²) >= 11 is 4.77. The van der Waals surface area contributed by atoms with Gasteiger partial charge < -0.3 is 25.8 Å². The van der Waals surface area contributed by atoms with Gasteiger partial charge in [0.15, 0.2) is 5.11 Å². The third kappa shape index (κ3) is 6.82. The number of hydrogen-bond acceptors (Lipinski definition) is 5. The number of nitrogens with two attached hydrogens (primary N) is 1.